The van der Waals surface area contributed by atoms with E-state index in [0.29, 0.717) is 0 Å². The molecule has 0 heterocycles. The first-order valence-corrected chi connectivity index (χ1v) is 6.82. The van der Waals surface area contributed by atoms with Gasteiger partial charge in [-0.05, 0) is 46.2 Å². The summed E-state index contributed by atoms with van der Waals surface area (Å²) >= 11 is 2.29. The fraction of sp³-hybridized carbons (Fsp3) is 0. The smallest absolute Gasteiger partial charge is 0.140 e. The molecule has 0 saturated carbocycles. The molecule has 18 heavy (non-hydrogen) atoms. The number of halogens is 1. The molecule has 0 unspecified atom stereocenters. The van der Waals surface area contributed by atoms with Crippen molar-refractivity contribution in [2.45, 2.75) is 0 Å². The first-order valence-electron chi connectivity index (χ1n) is 5.75. The van der Waals surface area contributed by atoms with Crippen molar-refractivity contribution in [1.29, 1.82) is 0 Å². The number of hydrogen-bond acceptors (Lipinski definition) is 1. The normalized spacial score (nSPS) is 10.5. The van der Waals surface area contributed by atoms with E-state index in [-0.39, 0.29) is 0 Å². The minimum absolute atomic E-state index is 0.898. The Balaban J connectivity index is 2.08. The van der Waals surface area contributed by atoms with Crippen LogP contribution in [-0.4, -0.2) is 0 Å². The van der Waals surface area contributed by atoms with E-state index < -0.39 is 0 Å². The van der Waals surface area contributed by atoms with Crippen LogP contribution in [0.3, 0.4) is 0 Å². The average molecular weight is 346 g/mol. The van der Waals surface area contributed by atoms with Crippen LogP contribution in [0.2, 0.25) is 0 Å². The molecule has 0 bridgehead atoms. The monoisotopic (exact) mass is 346 g/mol. The Hall–Kier alpha value is -1.55. The third-order valence-electron chi connectivity index (χ3n) is 2.81. The van der Waals surface area contributed by atoms with Gasteiger partial charge in [0.25, 0.3) is 0 Å². The van der Waals surface area contributed by atoms with Crippen molar-refractivity contribution in [2.24, 2.45) is 0 Å². The van der Waals surface area contributed by atoms with E-state index in [1.807, 2.05) is 48.5 Å². The molecule has 3 rings (SSSR count). The number of ether oxygens (including phenoxy) is 1. The molecule has 0 atom stereocenters. The SMILES string of the molecule is Ic1ccccc1Oc1cccc2ccccc12. The van der Waals surface area contributed by atoms with E-state index in [9.17, 15) is 0 Å². The van der Waals surface area contributed by atoms with Gasteiger partial charge in [0.15, 0.2) is 0 Å². The van der Waals surface area contributed by atoms with Gasteiger partial charge in [-0.25, -0.2) is 0 Å². The maximum Gasteiger partial charge on any atom is 0.140 e. The van der Waals surface area contributed by atoms with Gasteiger partial charge in [-0.1, -0.05) is 48.5 Å². The molecule has 0 aliphatic carbocycles. The molecule has 0 aromatic heterocycles. The van der Waals surface area contributed by atoms with Crippen LogP contribution in [0.5, 0.6) is 11.5 Å². The minimum Gasteiger partial charge on any atom is -0.456 e. The van der Waals surface area contributed by atoms with Crippen LogP contribution < -0.4 is 4.74 Å². The maximum atomic E-state index is 6.01. The zero-order valence-electron chi connectivity index (χ0n) is 9.64. The Morgan fingerprint density at radius 2 is 1.33 bits per heavy atom. The van der Waals surface area contributed by atoms with Gasteiger partial charge >= 0.3 is 0 Å². The Bertz CT molecular complexity index is 686. The molecular formula is C16H11IO. The van der Waals surface area contributed by atoms with E-state index in [4.69, 9.17) is 4.74 Å². The molecule has 88 valence electrons. The molecule has 0 N–H and O–H groups in total. The summed E-state index contributed by atoms with van der Waals surface area (Å²) in [5.41, 5.74) is 0. The number of para-hydroxylation sites is 1. The highest BCUT2D eigenvalue weighted by atomic mass is 127. The number of hydrogen-bond donors (Lipinski definition) is 0. The van der Waals surface area contributed by atoms with Gasteiger partial charge < -0.3 is 4.74 Å². The molecule has 1 nitrogen and oxygen atoms in total. The highest BCUT2D eigenvalue weighted by Gasteiger charge is 2.04. The van der Waals surface area contributed by atoms with Gasteiger partial charge in [0.2, 0.25) is 0 Å². The van der Waals surface area contributed by atoms with E-state index >= 15 is 0 Å². The van der Waals surface area contributed by atoms with Crippen molar-refractivity contribution in [1.82, 2.24) is 0 Å². The lowest BCUT2D eigenvalue weighted by Crippen LogP contribution is -1.88. The Morgan fingerprint density at radius 3 is 2.22 bits per heavy atom. The predicted molar refractivity (Wildman–Crippen MR) is 83.2 cm³/mol. The van der Waals surface area contributed by atoms with Gasteiger partial charge in [-0.3, -0.25) is 0 Å². The fourth-order valence-corrected chi connectivity index (χ4v) is 2.43. The van der Waals surface area contributed by atoms with E-state index in [1.54, 1.807) is 0 Å². The quantitative estimate of drug-likeness (QED) is 0.577. The maximum absolute atomic E-state index is 6.01. The van der Waals surface area contributed by atoms with Crippen LogP contribution >= 0.6 is 22.6 Å². The van der Waals surface area contributed by atoms with Crippen molar-refractivity contribution in [3.05, 3.63) is 70.3 Å². The molecule has 0 saturated heterocycles. The Labute approximate surface area is 120 Å². The fourth-order valence-electron chi connectivity index (χ4n) is 1.93. The summed E-state index contributed by atoms with van der Waals surface area (Å²) in [5, 5.41) is 2.33. The third kappa shape index (κ3) is 2.20. The molecule has 0 radical (unpaired) electrons. The van der Waals surface area contributed by atoms with Crippen LogP contribution in [0.4, 0.5) is 0 Å². The summed E-state index contributed by atoms with van der Waals surface area (Å²) in [7, 11) is 0. The molecule has 0 aliphatic heterocycles. The summed E-state index contributed by atoms with van der Waals surface area (Å²) in [6.07, 6.45) is 0. The molecule has 0 aliphatic rings. The van der Waals surface area contributed by atoms with Gasteiger partial charge in [-0.2, -0.15) is 0 Å². The number of rotatable bonds is 2. The Kier molecular flexibility index (Phi) is 3.19. The lowest BCUT2D eigenvalue weighted by atomic mass is 10.1. The summed E-state index contributed by atoms with van der Waals surface area (Å²) in [6.45, 7) is 0. The first-order chi connectivity index (χ1) is 8.84. The van der Waals surface area contributed by atoms with E-state index in [1.165, 1.54) is 5.39 Å². The van der Waals surface area contributed by atoms with Crippen molar-refractivity contribution in [3.8, 4) is 11.5 Å². The highest BCUT2D eigenvalue weighted by molar-refractivity contribution is 14.1. The second-order valence-electron chi connectivity index (χ2n) is 4.01. The molecule has 0 amide bonds. The molecule has 0 spiro atoms. The second-order valence-corrected chi connectivity index (χ2v) is 5.17. The van der Waals surface area contributed by atoms with E-state index in [2.05, 4.69) is 40.8 Å². The van der Waals surface area contributed by atoms with Crippen LogP contribution in [0.1, 0.15) is 0 Å². The van der Waals surface area contributed by atoms with Crippen LogP contribution in [0.15, 0.2) is 66.7 Å². The first kappa shape index (κ1) is 11.5. The minimum atomic E-state index is 0.898. The highest BCUT2D eigenvalue weighted by Crippen LogP contribution is 2.31. The van der Waals surface area contributed by atoms with Gasteiger partial charge in [0, 0.05) is 5.39 Å². The molecule has 2 heteroatoms. The van der Waals surface area contributed by atoms with Crippen molar-refractivity contribution in [3.63, 3.8) is 0 Å². The molecule has 3 aromatic carbocycles. The molecular weight excluding hydrogens is 335 g/mol. The van der Waals surface area contributed by atoms with Gasteiger partial charge in [0.1, 0.15) is 11.5 Å². The zero-order valence-corrected chi connectivity index (χ0v) is 11.8. The summed E-state index contributed by atoms with van der Waals surface area (Å²) in [6, 6.07) is 22.4. The lowest BCUT2D eigenvalue weighted by Gasteiger charge is -2.10. The van der Waals surface area contributed by atoms with E-state index in [0.717, 1.165) is 20.5 Å². The molecule has 3 aromatic rings. The number of benzene rings is 3. The van der Waals surface area contributed by atoms with Gasteiger partial charge in [0.05, 0.1) is 3.57 Å². The predicted octanol–water partition coefficient (Wildman–Crippen LogP) is 5.24. The average Bonchev–Trinajstić information content (AvgIpc) is 2.42. The largest absolute Gasteiger partial charge is 0.456 e. The standard InChI is InChI=1S/C16H11IO/c17-14-9-3-4-10-16(14)18-15-11-5-7-12-6-1-2-8-13(12)15/h1-11H. The Morgan fingerprint density at radius 1 is 0.667 bits per heavy atom. The summed E-state index contributed by atoms with van der Waals surface area (Å²) < 4.78 is 7.13. The van der Waals surface area contributed by atoms with Crippen LogP contribution in [-0.2, 0) is 0 Å². The summed E-state index contributed by atoms with van der Waals surface area (Å²) in [5.74, 6) is 1.80. The molecule has 0 fully saturated rings. The van der Waals surface area contributed by atoms with Crippen LogP contribution in [0, 0.1) is 3.57 Å². The van der Waals surface area contributed by atoms with Crippen molar-refractivity contribution < 1.29 is 4.74 Å². The second kappa shape index (κ2) is 4.98. The van der Waals surface area contributed by atoms with Gasteiger partial charge in [-0.15, -0.1) is 0 Å². The van der Waals surface area contributed by atoms with Crippen molar-refractivity contribution >= 4 is 33.4 Å². The number of fused-ring (bicyclic) bond motifs is 1. The lowest BCUT2D eigenvalue weighted by molar-refractivity contribution is 0.485. The van der Waals surface area contributed by atoms with Crippen molar-refractivity contribution in [2.75, 3.05) is 0 Å². The third-order valence-corrected chi connectivity index (χ3v) is 3.70. The topological polar surface area (TPSA) is 9.23 Å². The van der Waals surface area contributed by atoms with Crippen LogP contribution in [0.25, 0.3) is 10.8 Å². The summed E-state index contributed by atoms with van der Waals surface area (Å²) in [4.78, 5) is 0. The zero-order chi connectivity index (χ0) is 12.4.